The fraction of sp³-hybridized carbons (Fsp3) is 0.0400. The Morgan fingerprint density at radius 3 is 2.33 bits per heavy atom. The third-order valence-electron chi connectivity index (χ3n) is 5.25. The summed E-state index contributed by atoms with van der Waals surface area (Å²) in [6.45, 7) is 0. The fourth-order valence-electron chi connectivity index (χ4n) is 3.58. The molecule has 0 aliphatic rings. The molecule has 0 unspecified atom stereocenters. The van der Waals surface area contributed by atoms with Crippen molar-refractivity contribution in [2.45, 2.75) is 4.90 Å². The second-order valence-electron chi connectivity index (χ2n) is 7.36. The van der Waals surface area contributed by atoms with Crippen molar-refractivity contribution in [1.82, 2.24) is 14.4 Å². The molecular weight excluding hydrogens is 436 g/mol. The summed E-state index contributed by atoms with van der Waals surface area (Å²) in [5, 5.41) is 0. The number of fused-ring (bicyclic) bond motifs is 1. The number of anilines is 1. The van der Waals surface area contributed by atoms with E-state index in [2.05, 4.69) is 14.7 Å². The van der Waals surface area contributed by atoms with Gasteiger partial charge < -0.3 is 4.74 Å². The van der Waals surface area contributed by atoms with Crippen molar-refractivity contribution >= 4 is 21.5 Å². The number of hydrogen-bond donors (Lipinski definition) is 1. The van der Waals surface area contributed by atoms with Crippen molar-refractivity contribution in [3.8, 4) is 28.1 Å². The molecule has 0 radical (unpaired) electrons. The zero-order valence-electron chi connectivity index (χ0n) is 17.7. The largest absolute Gasteiger partial charge is 0.495 e. The van der Waals surface area contributed by atoms with Crippen LogP contribution in [0.25, 0.3) is 28.2 Å². The van der Waals surface area contributed by atoms with Crippen LogP contribution in [0.15, 0.2) is 102 Å². The second-order valence-corrected chi connectivity index (χ2v) is 9.05. The van der Waals surface area contributed by atoms with E-state index in [1.54, 1.807) is 47.0 Å². The molecule has 8 heteroatoms. The smallest absolute Gasteiger partial charge is 0.262 e. The van der Waals surface area contributed by atoms with E-state index in [0.717, 1.165) is 16.7 Å². The molecular formula is C25H20N4O3S. The van der Waals surface area contributed by atoms with E-state index in [4.69, 9.17) is 4.74 Å². The van der Waals surface area contributed by atoms with Gasteiger partial charge in [0.1, 0.15) is 5.75 Å². The van der Waals surface area contributed by atoms with E-state index in [0.29, 0.717) is 22.9 Å². The summed E-state index contributed by atoms with van der Waals surface area (Å²) in [6.07, 6.45) is 5.36. The third kappa shape index (κ3) is 4.16. The number of ether oxygens (including phenoxy) is 1. The van der Waals surface area contributed by atoms with Gasteiger partial charge in [0.05, 0.1) is 23.4 Å². The number of aromatic nitrogens is 3. The molecule has 0 fully saturated rings. The molecule has 5 aromatic rings. The molecule has 0 spiro atoms. The number of rotatable bonds is 6. The number of sulfonamides is 1. The molecule has 0 atom stereocenters. The SMILES string of the molecule is COc1ccc(-c2cn3cccnc3n2)cc1NS(=O)(=O)c1ccc(-c2ccccc2)cc1. The Bertz CT molecular complexity index is 1500. The summed E-state index contributed by atoms with van der Waals surface area (Å²) < 4.78 is 36.1. The number of hydrogen-bond acceptors (Lipinski definition) is 5. The van der Waals surface area contributed by atoms with Gasteiger partial charge in [-0.3, -0.25) is 9.12 Å². The maximum Gasteiger partial charge on any atom is 0.262 e. The summed E-state index contributed by atoms with van der Waals surface area (Å²) in [4.78, 5) is 8.89. The Labute approximate surface area is 191 Å². The highest BCUT2D eigenvalue weighted by atomic mass is 32.2. The second kappa shape index (κ2) is 8.40. The quantitative estimate of drug-likeness (QED) is 0.394. The third-order valence-corrected chi connectivity index (χ3v) is 6.63. The normalized spacial score (nSPS) is 11.4. The first-order valence-electron chi connectivity index (χ1n) is 10.2. The molecule has 0 aliphatic carbocycles. The van der Waals surface area contributed by atoms with E-state index in [9.17, 15) is 8.42 Å². The lowest BCUT2D eigenvalue weighted by Gasteiger charge is -2.13. The van der Waals surface area contributed by atoms with Crippen LogP contribution in [0.4, 0.5) is 5.69 Å². The van der Waals surface area contributed by atoms with Gasteiger partial charge in [0.25, 0.3) is 10.0 Å². The number of nitrogens with one attached hydrogen (secondary N) is 1. The highest BCUT2D eigenvalue weighted by molar-refractivity contribution is 7.92. The van der Waals surface area contributed by atoms with Crippen LogP contribution in [0.2, 0.25) is 0 Å². The lowest BCUT2D eigenvalue weighted by molar-refractivity contribution is 0.417. The van der Waals surface area contributed by atoms with E-state index >= 15 is 0 Å². The van der Waals surface area contributed by atoms with Gasteiger partial charge in [0.15, 0.2) is 0 Å². The molecule has 3 aromatic carbocycles. The molecule has 0 bridgehead atoms. The first-order chi connectivity index (χ1) is 16.0. The predicted molar refractivity (Wildman–Crippen MR) is 128 cm³/mol. The Morgan fingerprint density at radius 2 is 1.61 bits per heavy atom. The average Bonchev–Trinajstić information content (AvgIpc) is 3.29. The Balaban J connectivity index is 1.46. The molecule has 2 aromatic heterocycles. The van der Waals surface area contributed by atoms with Crippen molar-refractivity contribution in [3.63, 3.8) is 0 Å². The maximum atomic E-state index is 13.1. The van der Waals surface area contributed by atoms with E-state index < -0.39 is 10.0 Å². The summed E-state index contributed by atoms with van der Waals surface area (Å²) in [7, 11) is -2.34. The van der Waals surface area contributed by atoms with Crippen molar-refractivity contribution in [2.75, 3.05) is 11.8 Å². The van der Waals surface area contributed by atoms with E-state index in [-0.39, 0.29) is 4.90 Å². The highest BCUT2D eigenvalue weighted by Gasteiger charge is 2.18. The minimum atomic E-state index is -3.84. The van der Waals surface area contributed by atoms with Crippen LogP contribution >= 0.6 is 0 Å². The average molecular weight is 457 g/mol. The topological polar surface area (TPSA) is 85.6 Å². The van der Waals surface area contributed by atoms with Gasteiger partial charge in [-0.1, -0.05) is 42.5 Å². The number of methoxy groups -OCH3 is 1. The molecule has 0 aliphatic heterocycles. The zero-order chi connectivity index (χ0) is 22.8. The van der Waals surface area contributed by atoms with Crippen molar-refractivity contribution in [1.29, 1.82) is 0 Å². The van der Waals surface area contributed by atoms with E-state index in [1.165, 1.54) is 7.11 Å². The van der Waals surface area contributed by atoms with E-state index in [1.807, 2.05) is 54.9 Å². The van der Waals surface area contributed by atoms with Crippen molar-refractivity contribution in [2.24, 2.45) is 0 Å². The van der Waals surface area contributed by atoms with Crippen LogP contribution in [-0.4, -0.2) is 29.9 Å². The van der Waals surface area contributed by atoms with Gasteiger partial charge in [-0.05, 0) is 47.5 Å². The Hall–Kier alpha value is -4.17. The standard InChI is InChI=1S/C25H20N4O3S/c1-32-24-13-10-20(23-17-29-15-5-14-26-25(29)27-23)16-22(24)28-33(30,31)21-11-8-19(9-12-21)18-6-3-2-4-7-18/h2-17,28H,1H3. The van der Waals surface area contributed by atoms with Gasteiger partial charge in [-0.25, -0.2) is 18.4 Å². The van der Waals surface area contributed by atoms with Gasteiger partial charge >= 0.3 is 0 Å². The minimum absolute atomic E-state index is 0.159. The molecule has 5 rings (SSSR count). The molecule has 33 heavy (non-hydrogen) atoms. The monoisotopic (exact) mass is 456 g/mol. The predicted octanol–water partition coefficient (Wildman–Crippen LogP) is 4.87. The summed E-state index contributed by atoms with van der Waals surface area (Å²) in [5.74, 6) is 0.967. The molecule has 2 heterocycles. The van der Waals surface area contributed by atoms with Crippen LogP contribution < -0.4 is 9.46 Å². The molecule has 0 saturated carbocycles. The van der Waals surface area contributed by atoms with Crippen LogP contribution in [-0.2, 0) is 10.0 Å². The van der Waals surface area contributed by atoms with Gasteiger partial charge in [0.2, 0.25) is 5.78 Å². The van der Waals surface area contributed by atoms with Crippen LogP contribution in [0, 0.1) is 0 Å². The van der Waals surface area contributed by atoms with Crippen molar-refractivity contribution < 1.29 is 13.2 Å². The first kappa shape index (κ1) is 20.7. The first-order valence-corrected chi connectivity index (χ1v) is 11.7. The molecule has 0 amide bonds. The summed E-state index contributed by atoms with van der Waals surface area (Å²) in [6, 6.07) is 23.6. The Kier molecular flexibility index (Phi) is 5.27. The lowest BCUT2D eigenvalue weighted by atomic mass is 10.1. The van der Waals surface area contributed by atoms with Gasteiger partial charge in [-0.2, -0.15) is 0 Å². The maximum absolute atomic E-state index is 13.1. The van der Waals surface area contributed by atoms with Gasteiger partial charge in [-0.15, -0.1) is 0 Å². The fourth-order valence-corrected chi connectivity index (χ4v) is 4.64. The molecule has 7 nitrogen and oxygen atoms in total. The van der Waals surface area contributed by atoms with Crippen LogP contribution in [0.1, 0.15) is 0 Å². The molecule has 1 N–H and O–H groups in total. The summed E-state index contributed by atoms with van der Waals surface area (Å²) >= 11 is 0. The molecule has 0 saturated heterocycles. The van der Waals surface area contributed by atoms with Crippen molar-refractivity contribution in [3.05, 3.63) is 97.5 Å². The number of benzene rings is 3. The Morgan fingerprint density at radius 1 is 0.879 bits per heavy atom. The lowest BCUT2D eigenvalue weighted by Crippen LogP contribution is -2.13. The van der Waals surface area contributed by atoms with Gasteiger partial charge in [0, 0.05) is 24.2 Å². The van der Waals surface area contributed by atoms with Crippen LogP contribution in [0.5, 0.6) is 5.75 Å². The highest BCUT2D eigenvalue weighted by Crippen LogP contribution is 2.32. The zero-order valence-corrected chi connectivity index (χ0v) is 18.5. The minimum Gasteiger partial charge on any atom is -0.495 e. The number of imidazole rings is 1. The summed E-state index contributed by atoms with van der Waals surface area (Å²) in [5.41, 5.74) is 3.69. The van der Waals surface area contributed by atoms with Crippen LogP contribution in [0.3, 0.4) is 0 Å². The number of nitrogens with zero attached hydrogens (tertiary/aromatic N) is 3. The molecule has 164 valence electrons.